The van der Waals surface area contributed by atoms with Gasteiger partial charge >= 0.3 is 0 Å². The maximum Gasteiger partial charge on any atom is 0.255 e. The lowest BCUT2D eigenvalue weighted by molar-refractivity contribution is -0.722. The van der Waals surface area contributed by atoms with Crippen LogP contribution < -0.4 is 32.5 Å². The highest BCUT2D eigenvalue weighted by Gasteiger charge is 2.16. The van der Waals surface area contributed by atoms with Crippen molar-refractivity contribution < 1.29 is 40.8 Å². The number of quaternary nitrogens is 1. The Morgan fingerprint density at radius 1 is 1.06 bits per heavy atom. The van der Waals surface area contributed by atoms with Gasteiger partial charge in [-0.2, -0.15) is 0 Å². The van der Waals surface area contributed by atoms with Crippen molar-refractivity contribution in [2.24, 2.45) is 0 Å². The fraction of sp³-hybridized carbons (Fsp3) is 0.381. The number of nitrogens with one attached hydrogen (secondary N) is 2. The Labute approximate surface area is 189 Å². The van der Waals surface area contributed by atoms with Crippen molar-refractivity contribution in [2.75, 3.05) is 29.4 Å². The minimum atomic E-state index is -3.36. The van der Waals surface area contributed by atoms with Gasteiger partial charge in [0.05, 0.1) is 11.8 Å². The van der Waals surface area contributed by atoms with Crippen LogP contribution in [0.2, 0.25) is 0 Å². The number of aliphatic hydroxyl groups is 1. The Morgan fingerprint density at radius 2 is 1.61 bits per heavy atom. The maximum atomic E-state index is 12.3. The Balaban J connectivity index is 0.00000480. The average Bonchev–Trinajstić information content (AvgIpc) is 2.64. The molecule has 1 amide bonds. The molecule has 1 atom stereocenters. The molecule has 8 nitrogen and oxygen atoms in total. The minimum Gasteiger partial charge on any atom is -1.00 e. The highest BCUT2D eigenvalue weighted by molar-refractivity contribution is 7.92. The standard InChI is InChI=1S/C21H29N3O5S.ClH/c1-21(2,3)22-13-18(25)14-29-19-11-9-16(10-12-19)23-20(26)15-5-7-17(8-6-15)24-30(4,27)28;/h5-12,18,22,24-25H,13-14H2,1-4H3,(H,23,26);1H. The molecule has 0 aliphatic rings. The van der Waals surface area contributed by atoms with Crippen LogP contribution in [0.3, 0.4) is 0 Å². The fourth-order valence-electron chi connectivity index (χ4n) is 2.49. The van der Waals surface area contributed by atoms with Crippen molar-refractivity contribution in [3.05, 3.63) is 54.1 Å². The van der Waals surface area contributed by atoms with E-state index in [0.29, 0.717) is 29.2 Å². The predicted octanol–water partition coefficient (Wildman–Crippen LogP) is -1.58. The molecule has 0 aliphatic carbocycles. The number of carbonyl (C=O) groups is 1. The van der Waals surface area contributed by atoms with Crippen molar-refractivity contribution in [1.29, 1.82) is 0 Å². The SMILES string of the molecule is CC(C)(C)[NH2+]CC(O)COc1ccc(NC(=O)c2ccc(NS(C)(=O)=O)cc2)cc1.[Cl-]. The normalized spacial score (nSPS) is 12.4. The maximum absolute atomic E-state index is 12.3. The van der Waals surface area contributed by atoms with Crippen molar-refractivity contribution in [1.82, 2.24) is 0 Å². The van der Waals surface area contributed by atoms with Crippen LogP contribution in [0.4, 0.5) is 11.4 Å². The Bertz CT molecular complexity index is 942. The molecule has 0 radical (unpaired) electrons. The third kappa shape index (κ3) is 10.5. The first kappa shape index (κ1) is 26.7. The second kappa shape index (κ2) is 11.3. The van der Waals surface area contributed by atoms with E-state index in [9.17, 15) is 18.3 Å². The minimum absolute atomic E-state index is 0. The third-order valence-corrected chi connectivity index (χ3v) is 4.61. The topological polar surface area (TPSA) is 121 Å². The summed E-state index contributed by atoms with van der Waals surface area (Å²) in [5.41, 5.74) is 1.42. The number of carbonyl (C=O) groups excluding carboxylic acids is 1. The van der Waals surface area contributed by atoms with Crippen LogP contribution in [0.1, 0.15) is 31.1 Å². The Morgan fingerprint density at radius 3 is 2.13 bits per heavy atom. The number of ether oxygens (including phenoxy) is 1. The summed E-state index contributed by atoms with van der Waals surface area (Å²) < 4.78 is 30.4. The van der Waals surface area contributed by atoms with Gasteiger partial charge in [-0.15, -0.1) is 0 Å². The summed E-state index contributed by atoms with van der Waals surface area (Å²) in [6.45, 7) is 6.97. The lowest BCUT2D eigenvalue weighted by atomic mass is 10.1. The van der Waals surface area contributed by atoms with Gasteiger partial charge in [-0.1, -0.05) is 0 Å². The molecule has 1 unspecified atom stereocenters. The number of halogens is 1. The monoisotopic (exact) mass is 471 g/mol. The van der Waals surface area contributed by atoms with Gasteiger partial charge in [-0.05, 0) is 69.3 Å². The molecule has 0 spiro atoms. The number of amides is 1. The van der Waals surface area contributed by atoms with E-state index >= 15 is 0 Å². The van der Waals surface area contributed by atoms with Crippen LogP contribution in [0.5, 0.6) is 5.75 Å². The molecule has 5 N–H and O–H groups in total. The van der Waals surface area contributed by atoms with Crippen LogP contribution in [-0.4, -0.2) is 50.5 Å². The molecule has 0 saturated heterocycles. The number of hydrogen-bond acceptors (Lipinski definition) is 5. The molecule has 0 heterocycles. The number of nitrogens with two attached hydrogens (primary N) is 1. The number of aliphatic hydroxyl groups excluding tert-OH is 1. The lowest BCUT2D eigenvalue weighted by Crippen LogP contribution is -3.00. The van der Waals surface area contributed by atoms with Gasteiger partial charge in [0.1, 0.15) is 25.0 Å². The highest BCUT2D eigenvalue weighted by atomic mass is 35.5. The van der Waals surface area contributed by atoms with E-state index in [2.05, 4.69) is 36.1 Å². The number of benzene rings is 2. The Hall–Kier alpha value is -2.33. The van der Waals surface area contributed by atoms with Gasteiger partial charge in [-0.3, -0.25) is 9.52 Å². The zero-order valence-electron chi connectivity index (χ0n) is 18.1. The fourth-order valence-corrected chi connectivity index (χ4v) is 3.06. The summed E-state index contributed by atoms with van der Waals surface area (Å²) >= 11 is 0. The summed E-state index contributed by atoms with van der Waals surface area (Å²) in [5.74, 6) is 0.279. The molecule has 2 aromatic rings. The van der Waals surface area contributed by atoms with Gasteiger partial charge in [0, 0.05) is 16.9 Å². The zero-order chi connectivity index (χ0) is 22.4. The van der Waals surface area contributed by atoms with Gasteiger partial charge in [0.25, 0.3) is 5.91 Å². The summed E-state index contributed by atoms with van der Waals surface area (Å²) in [6.07, 6.45) is 0.482. The van der Waals surface area contributed by atoms with Crippen LogP contribution in [-0.2, 0) is 10.0 Å². The van der Waals surface area contributed by atoms with Crippen molar-refractivity contribution in [3.63, 3.8) is 0 Å². The summed E-state index contributed by atoms with van der Waals surface area (Å²) in [6, 6.07) is 13.0. The molecule has 0 aliphatic heterocycles. The molecular weight excluding hydrogens is 442 g/mol. The number of anilines is 2. The molecule has 172 valence electrons. The summed E-state index contributed by atoms with van der Waals surface area (Å²) in [4.78, 5) is 12.3. The van der Waals surface area contributed by atoms with Crippen LogP contribution in [0, 0.1) is 0 Å². The molecule has 2 aromatic carbocycles. The number of hydrogen-bond donors (Lipinski definition) is 4. The third-order valence-electron chi connectivity index (χ3n) is 4.01. The molecule has 10 heteroatoms. The predicted molar refractivity (Wildman–Crippen MR) is 117 cm³/mol. The molecule has 31 heavy (non-hydrogen) atoms. The first-order valence-corrected chi connectivity index (χ1v) is 11.4. The van der Waals surface area contributed by atoms with Crippen LogP contribution in [0.15, 0.2) is 48.5 Å². The molecule has 0 aromatic heterocycles. The molecule has 0 saturated carbocycles. The van der Waals surface area contributed by atoms with E-state index in [0.717, 1.165) is 6.26 Å². The average molecular weight is 472 g/mol. The van der Waals surface area contributed by atoms with Gasteiger partial charge in [0.2, 0.25) is 10.0 Å². The first-order chi connectivity index (χ1) is 13.9. The molecule has 0 fully saturated rings. The first-order valence-electron chi connectivity index (χ1n) is 9.56. The highest BCUT2D eigenvalue weighted by Crippen LogP contribution is 2.17. The number of rotatable bonds is 9. The number of sulfonamides is 1. The van der Waals surface area contributed by atoms with Crippen LogP contribution >= 0.6 is 0 Å². The molecule has 0 bridgehead atoms. The smallest absolute Gasteiger partial charge is 0.255 e. The van der Waals surface area contributed by atoms with E-state index in [-0.39, 0.29) is 30.5 Å². The lowest BCUT2D eigenvalue weighted by Gasteiger charge is -2.19. The second-order valence-electron chi connectivity index (χ2n) is 8.20. The van der Waals surface area contributed by atoms with Gasteiger partial charge in [-0.25, -0.2) is 8.42 Å². The zero-order valence-corrected chi connectivity index (χ0v) is 19.6. The van der Waals surface area contributed by atoms with Crippen molar-refractivity contribution >= 4 is 27.3 Å². The van der Waals surface area contributed by atoms with E-state index in [4.69, 9.17) is 4.74 Å². The van der Waals surface area contributed by atoms with E-state index in [1.54, 1.807) is 24.3 Å². The molecule has 2 rings (SSSR count). The van der Waals surface area contributed by atoms with Gasteiger partial charge < -0.3 is 32.9 Å². The quantitative estimate of drug-likeness (QED) is 0.351. The van der Waals surface area contributed by atoms with Crippen molar-refractivity contribution in [2.45, 2.75) is 32.4 Å². The summed E-state index contributed by atoms with van der Waals surface area (Å²) in [5, 5.41) is 14.8. The van der Waals surface area contributed by atoms with E-state index < -0.39 is 16.1 Å². The van der Waals surface area contributed by atoms with Gasteiger partial charge in [0.15, 0.2) is 0 Å². The van der Waals surface area contributed by atoms with E-state index in [1.165, 1.54) is 24.3 Å². The summed E-state index contributed by atoms with van der Waals surface area (Å²) in [7, 11) is -3.36. The molecular formula is C21H30ClN3O5S. The Kier molecular flexibility index (Phi) is 9.76. The second-order valence-corrected chi connectivity index (χ2v) is 9.95. The largest absolute Gasteiger partial charge is 1.00 e. The van der Waals surface area contributed by atoms with E-state index in [1.807, 2.05) is 0 Å². The van der Waals surface area contributed by atoms with Crippen LogP contribution in [0.25, 0.3) is 0 Å². The van der Waals surface area contributed by atoms with Crippen molar-refractivity contribution in [3.8, 4) is 5.75 Å².